The first kappa shape index (κ1) is 8.23. The summed E-state index contributed by atoms with van der Waals surface area (Å²) < 4.78 is 0. The molecule has 0 aliphatic heterocycles. The van der Waals surface area contributed by atoms with Gasteiger partial charge in [-0.2, -0.15) is 0 Å². The van der Waals surface area contributed by atoms with E-state index in [9.17, 15) is 4.79 Å². The lowest BCUT2D eigenvalue weighted by atomic mass is 10.0. The van der Waals surface area contributed by atoms with E-state index >= 15 is 0 Å². The molecule has 0 aromatic rings. The molecule has 0 spiro atoms. The van der Waals surface area contributed by atoms with Crippen molar-refractivity contribution in [3.05, 3.63) is 0 Å². The first-order valence-electron chi connectivity index (χ1n) is 3.18. The van der Waals surface area contributed by atoms with Gasteiger partial charge in [0.25, 0.3) is 0 Å². The Balaban J connectivity index is 3.62. The average molecular weight is 124 g/mol. The SMILES string of the molecule is C#CCC(C)C(=O)CC. The first-order valence-corrected chi connectivity index (χ1v) is 3.18. The van der Waals surface area contributed by atoms with Crippen LogP contribution >= 0.6 is 0 Å². The fraction of sp³-hybridized carbons (Fsp3) is 0.625. The van der Waals surface area contributed by atoms with Gasteiger partial charge in [-0.3, -0.25) is 4.79 Å². The molecule has 1 heteroatoms. The van der Waals surface area contributed by atoms with Gasteiger partial charge in [-0.05, 0) is 0 Å². The van der Waals surface area contributed by atoms with E-state index in [0.717, 1.165) is 0 Å². The number of carbonyl (C=O) groups excluding carboxylic acids is 1. The van der Waals surface area contributed by atoms with Gasteiger partial charge in [0, 0.05) is 18.8 Å². The van der Waals surface area contributed by atoms with Gasteiger partial charge < -0.3 is 0 Å². The average Bonchev–Trinajstić information content (AvgIpc) is 1.87. The molecule has 0 saturated carbocycles. The van der Waals surface area contributed by atoms with Crippen molar-refractivity contribution in [2.24, 2.45) is 5.92 Å². The molecule has 0 heterocycles. The maximum absolute atomic E-state index is 10.8. The molecular formula is C8H12O. The van der Waals surface area contributed by atoms with Crippen molar-refractivity contribution in [1.82, 2.24) is 0 Å². The fourth-order valence-corrected chi connectivity index (χ4v) is 0.639. The van der Waals surface area contributed by atoms with Gasteiger partial charge in [-0.25, -0.2) is 0 Å². The number of carbonyl (C=O) groups is 1. The second-order valence-electron chi connectivity index (χ2n) is 2.13. The molecule has 1 nitrogen and oxygen atoms in total. The molecule has 0 bridgehead atoms. The molecule has 0 aromatic heterocycles. The van der Waals surface area contributed by atoms with E-state index in [1.54, 1.807) is 0 Å². The van der Waals surface area contributed by atoms with Crippen molar-refractivity contribution in [2.45, 2.75) is 26.7 Å². The van der Waals surface area contributed by atoms with Gasteiger partial charge in [0.1, 0.15) is 5.78 Å². The molecule has 0 fully saturated rings. The Morgan fingerprint density at radius 2 is 2.33 bits per heavy atom. The van der Waals surface area contributed by atoms with E-state index in [2.05, 4.69) is 5.92 Å². The van der Waals surface area contributed by atoms with Crippen molar-refractivity contribution in [3.63, 3.8) is 0 Å². The largest absolute Gasteiger partial charge is 0.299 e. The summed E-state index contributed by atoms with van der Waals surface area (Å²) in [5, 5.41) is 0. The second kappa shape index (κ2) is 4.14. The van der Waals surface area contributed by atoms with Gasteiger partial charge in [-0.15, -0.1) is 12.3 Å². The van der Waals surface area contributed by atoms with E-state index in [4.69, 9.17) is 6.42 Å². The van der Waals surface area contributed by atoms with E-state index in [1.165, 1.54) is 0 Å². The van der Waals surface area contributed by atoms with Gasteiger partial charge in [0.2, 0.25) is 0 Å². The summed E-state index contributed by atoms with van der Waals surface area (Å²) in [6, 6.07) is 0. The van der Waals surface area contributed by atoms with Crippen LogP contribution in [0.15, 0.2) is 0 Å². The summed E-state index contributed by atoms with van der Waals surface area (Å²) >= 11 is 0. The predicted octanol–water partition coefficient (Wildman–Crippen LogP) is 1.62. The minimum Gasteiger partial charge on any atom is -0.299 e. The molecule has 1 atom stereocenters. The molecule has 0 saturated heterocycles. The lowest BCUT2D eigenvalue weighted by molar-refractivity contribution is -0.121. The third-order valence-electron chi connectivity index (χ3n) is 1.32. The molecular weight excluding hydrogens is 112 g/mol. The minimum atomic E-state index is 0.0556. The molecule has 0 radical (unpaired) electrons. The zero-order valence-electron chi connectivity index (χ0n) is 5.98. The van der Waals surface area contributed by atoms with Crippen LogP contribution in [0.25, 0.3) is 0 Å². The Morgan fingerprint density at radius 3 is 2.67 bits per heavy atom. The standard InChI is InChI=1S/C8H12O/c1-4-6-7(3)8(9)5-2/h1,7H,5-6H2,2-3H3. The van der Waals surface area contributed by atoms with Gasteiger partial charge in [-0.1, -0.05) is 13.8 Å². The summed E-state index contributed by atoms with van der Waals surface area (Å²) in [7, 11) is 0. The Labute approximate surface area is 56.5 Å². The number of terminal acetylenes is 1. The second-order valence-corrected chi connectivity index (χ2v) is 2.13. The maximum atomic E-state index is 10.8. The van der Waals surface area contributed by atoms with Crippen LogP contribution < -0.4 is 0 Å². The van der Waals surface area contributed by atoms with E-state index in [0.29, 0.717) is 12.8 Å². The van der Waals surface area contributed by atoms with Crippen molar-refractivity contribution < 1.29 is 4.79 Å². The number of ketones is 1. The van der Waals surface area contributed by atoms with Crippen molar-refractivity contribution >= 4 is 5.78 Å². The number of Topliss-reactive ketones (excluding diaryl/α,β-unsaturated/α-hetero) is 1. The predicted molar refractivity (Wildman–Crippen MR) is 37.9 cm³/mol. The van der Waals surface area contributed by atoms with Gasteiger partial charge in [0.15, 0.2) is 0 Å². The van der Waals surface area contributed by atoms with Crippen LogP contribution in [-0.4, -0.2) is 5.78 Å². The molecule has 50 valence electrons. The molecule has 0 rings (SSSR count). The third-order valence-corrected chi connectivity index (χ3v) is 1.32. The van der Waals surface area contributed by atoms with E-state index < -0.39 is 0 Å². The van der Waals surface area contributed by atoms with Crippen molar-refractivity contribution in [2.75, 3.05) is 0 Å². The third kappa shape index (κ3) is 2.92. The Bertz CT molecular complexity index is 130. The minimum absolute atomic E-state index is 0.0556. The van der Waals surface area contributed by atoms with Crippen LogP contribution in [0.3, 0.4) is 0 Å². The van der Waals surface area contributed by atoms with E-state index in [-0.39, 0.29) is 11.7 Å². The smallest absolute Gasteiger partial charge is 0.136 e. The summed E-state index contributed by atoms with van der Waals surface area (Å²) in [4.78, 5) is 10.8. The van der Waals surface area contributed by atoms with Crippen LogP contribution in [0.1, 0.15) is 26.7 Å². The highest BCUT2D eigenvalue weighted by molar-refractivity contribution is 5.80. The Hall–Kier alpha value is -0.770. The van der Waals surface area contributed by atoms with Crippen LogP contribution in [0.5, 0.6) is 0 Å². The molecule has 9 heavy (non-hydrogen) atoms. The van der Waals surface area contributed by atoms with Crippen LogP contribution in [0.2, 0.25) is 0 Å². The summed E-state index contributed by atoms with van der Waals surface area (Å²) in [5.74, 6) is 2.77. The maximum Gasteiger partial charge on any atom is 0.136 e. The fourth-order valence-electron chi connectivity index (χ4n) is 0.639. The highest BCUT2D eigenvalue weighted by Gasteiger charge is 2.07. The zero-order chi connectivity index (χ0) is 7.28. The van der Waals surface area contributed by atoms with Crippen LogP contribution in [0.4, 0.5) is 0 Å². The lowest BCUT2D eigenvalue weighted by Gasteiger charge is -2.01. The zero-order valence-corrected chi connectivity index (χ0v) is 5.98. The van der Waals surface area contributed by atoms with Crippen LogP contribution in [-0.2, 0) is 4.79 Å². The summed E-state index contributed by atoms with van der Waals surface area (Å²) in [6.07, 6.45) is 6.20. The van der Waals surface area contributed by atoms with Crippen LogP contribution in [0, 0.1) is 18.3 Å². The highest BCUT2D eigenvalue weighted by atomic mass is 16.1. The molecule has 0 aliphatic carbocycles. The Morgan fingerprint density at radius 1 is 1.78 bits per heavy atom. The van der Waals surface area contributed by atoms with E-state index in [1.807, 2.05) is 13.8 Å². The van der Waals surface area contributed by atoms with Crippen molar-refractivity contribution in [1.29, 1.82) is 0 Å². The monoisotopic (exact) mass is 124 g/mol. The van der Waals surface area contributed by atoms with Gasteiger partial charge >= 0.3 is 0 Å². The molecule has 0 N–H and O–H groups in total. The molecule has 0 aliphatic rings. The number of hydrogen-bond acceptors (Lipinski definition) is 1. The summed E-state index contributed by atoms with van der Waals surface area (Å²) in [6.45, 7) is 3.72. The highest BCUT2D eigenvalue weighted by Crippen LogP contribution is 2.03. The number of rotatable bonds is 3. The first-order chi connectivity index (χ1) is 4.22. The van der Waals surface area contributed by atoms with Gasteiger partial charge in [0.05, 0.1) is 0 Å². The lowest BCUT2D eigenvalue weighted by Crippen LogP contribution is -2.07. The molecule has 0 aromatic carbocycles. The van der Waals surface area contributed by atoms with Crippen molar-refractivity contribution in [3.8, 4) is 12.3 Å². The number of hydrogen-bond donors (Lipinski definition) is 0. The topological polar surface area (TPSA) is 17.1 Å². The molecule has 1 unspecified atom stereocenters. The summed E-state index contributed by atoms with van der Waals surface area (Å²) in [5.41, 5.74) is 0. The Kier molecular flexibility index (Phi) is 3.79. The quantitative estimate of drug-likeness (QED) is 0.522. The molecule has 0 amide bonds. The normalized spacial score (nSPS) is 12.1.